The van der Waals surface area contributed by atoms with Gasteiger partial charge in [0.15, 0.2) is 0 Å². The second-order valence-electron chi connectivity index (χ2n) is 6.39. The molecule has 1 aliphatic rings. The highest BCUT2D eigenvalue weighted by Crippen LogP contribution is 2.24. The van der Waals surface area contributed by atoms with Crippen LogP contribution in [0.25, 0.3) is 0 Å². The highest BCUT2D eigenvalue weighted by molar-refractivity contribution is 6.30. The minimum absolute atomic E-state index is 0.0274. The number of amides is 1. The van der Waals surface area contributed by atoms with Gasteiger partial charge >= 0.3 is 0 Å². The number of likely N-dealkylation sites (tertiary alicyclic amines) is 1. The maximum atomic E-state index is 12.4. The van der Waals surface area contributed by atoms with Crippen LogP contribution in [0.3, 0.4) is 0 Å². The van der Waals surface area contributed by atoms with Crippen LogP contribution >= 0.6 is 11.6 Å². The van der Waals surface area contributed by atoms with Gasteiger partial charge in [0.05, 0.1) is 12.6 Å². The van der Waals surface area contributed by atoms with Crippen molar-refractivity contribution in [3.8, 4) is 0 Å². The van der Waals surface area contributed by atoms with Crippen molar-refractivity contribution < 1.29 is 4.79 Å². The molecular formula is C18H23ClN4O. The van der Waals surface area contributed by atoms with Gasteiger partial charge < -0.3 is 10.3 Å². The molecule has 0 saturated carbocycles. The number of aromatic amines is 1. The summed E-state index contributed by atoms with van der Waals surface area (Å²) in [5.41, 5.74) is 1.06. The van der Waals surface area contributed by atoms with E-state index in [4.69, 9.17) is 11.6 Å². The molecule has 1 saturated heterocycles. The quantitative estimate of drug-likeness (QED) is 0.874. The molecule has 1 aliphatic heterocycles. The highest BCUT2D eigenvalue weighted by atomic mass is 35.5. The summed E-state index contributed by atoms with van der Waals surface area (Å²) in [5, 5.41) is 3.77. The van der Waals surface area contributed by atoms with Crippen LogP contribution in [-0.4, -0.2) is 40.4 Å². The predicted octanol–water partition coefficient (Wildman–Crippen LogP) is 3.12. The normalized spacial score (nSPS) is 19.8. The van der Waals surface area contributed by atoms with Gasteiger partial charge in [0.1, 0.15) is 5.82 Å². The molecule has 128 valence electrons. The van der Waals surface area contributed by atoms with Crippen molar-refractivity contribution in [1.82, 2.24) is 20.2 Å². The third-order valence-corrected chi connectivity index (χ3v) is 4.78. The van der Waals surface area contributed by atoms with Gasteiger partial charge in [0, 0.05) is 29.9 Å². The Balaban J connectivity index is 1.51. The van der Waals surface area contributed by atoms with Crippen LogP contribution in [0.4, 0.5) is 0 Å². The van der Waals surface area contributed by atoms with Gasteiger partial charge in [0.2, 0.25) is 5.91 Å². The van der Waals surface area contributed by atoms with Gasteiger partial charge in [-0.3, -0.25) is 9.69 Å². The van der Waals surface area contributed by atoms with Crippen LogP contribution in [0, 0.1) is 0 Å². The SMILES string of the molecule is CC(NC(=O)CN1CCCC(c2ncc[nH]2)C1)c1ccc(Cl)cc1. The summed E-state index contributed by atoms with van der Waals surface area (Å²) >= 11 is 5.91. The van der Waals surface area contributed by atoms with Gasteiger partial charge in [-0.25, -0.2) is 4.98 Å². The van der Waals surface area contributed by atoms with Crippen molar-refractivity contribution in [1.29, 1.82) is 0 Å². The van der Waals surface area contributed by atoms with Crippen LogP contribution in [-0.2, 0) is 4.79 Å². The Hall–Kier alpha value is -1.85. The topological polar surface area (TPSA) is 61.0 Å². The number of piperidine rings is 1. The van der Waals surface area contributed by atoms with E-state index in [1.54, 1.807) is 6.20 Å². The zero-order chi connectivity index (χ0) is 16.9. The first-order valence-corrected chi connectivity index (χ1v) is 8.76. The molecule has 5 nitrogen and oxygen atoms in total. The first-order chi connectivity index (χ1) is 11.6. The number of H-pyrrole nitrogens is 1. The van der Waals surface area contributed by atoms with E-state index in [0.29, 0.717) is 17.5 Å². The zero-order valence-electron chi connectivity index (χ0n) is 13.8. The smallest absolute Gasteiger partial charge is 0.234 e. The number of imidazole rings is 1. The number of nitrogens with one attached hydrogen (secondary N) is 2. The van der Waals surface area contributed by atoms with Crippen molar-refractivity contribution in [2.45, 2.75) is 31.7 Å². The van der Waals surface area contributed by atoms with Gasteiger partial charge in [0.25, 0.3) is 0 Å². The summed E-state index contributed by atoms with van der Waals surface area (Å²) in [7, 11) is 0. The molecule has 0 spiro atoms. The van der Waals surface area contributed by atoms with E-state index >= 15 is 0 Å². The zero-order valence-corrected chi connectivity index (χ0v) is 14.6. The van der Waals surface area contributed by atoms with E-state index in [1.807, 2.05) is 37.4 Å². The van der Waals surface area contributed by atoms with Crippen LogP contribution < -0.4 is 5.32 Å². The van der Waals surface area contributed by atoms with Crippen LogP contribution in [0.2, 0.25) is 5.02 Å². The summed E-state index contributed by atoms with van der Waals surface area (Å²) in [6, 6.07) is 7.55. The van der Waals surface area contributed by atoms with E-state index in [1.165, 1.54) is 0 Å². The number of benzene rings is 1. The molecule has 2 atom stereocenters. The van der Waals surface area contributed by atoms with Gasteiger partial charge in [-0.2, -0.15) is 0 Å². The Morgan fingerprint density at radius 1 is 1.46 bits per heavy atom. The lowest BCUT2D eigenvalue weighted by Gasteiger charge is -2.31. The van der Waals surface area contributed by atoms with E-state index in [-0.39, 0.29) is 11.9 Å². The van der Waals surface area contributed by atoms with Gasteiger partial charge in [-0.15, -0.1) is 0 Å². The number of hydrogen-bond acceptors (Lipinski definition) is 3. The Morgan fingerprint density at radius 3 is 2.96 bits per heavy atom. The Morgan fingerprint density at radius 2 is 2.25 bits per heavy atom. The molecule has 1 aromatic heterocycles. The fourth-order valence-corrected chi connectivity index (χ4v) is 3.37. The molecule has 0 aliphatic carbocycles. The third-order valence-electron chi connectivity index (χ3n) is 4.53. The van der Waals surface area contributed by atoms with Crippen molar-refractivity contribution in [3.05, 3.63) is 53.1 Å². The van der Waals surface area contributed by atoms with E-state index in [2.05, 4.69) is 20.2 Å². The average molecular weight is 347 g/mol. The Kier molecular flexibility index (Phi) is 5.53. The first kappa shape index (κ1) is 17.0. The molecule has 6 heteroatoms. The number of carbonyl (C=O) groups is 1. The minimum Gasteiger partial charge on any atom is -0.348 e. The summed E-state index contributed by atoms with van der Waals surface area (Å²) in [4.78, 5) is 22.1. The summed E-state index contributed by atoms with van der Waals surface area (Å²) in [6.45, 7) is 4.24. The summed E-state index contributed by atoms with van der Waals surface area (Å²) < 4.78 is 0. The lowest BCUT2D eigenvalue weighted by molar-refractivity contribution is -0.123. The third kappa shape index (κ3) is 4.36. The molecule has 24 heavy (non-hydrogen) atoms. The lowest BCUT2D eigenvalue weighted by atomic mass is 9.97. The molecule has 1 amide bonds. The van der Waals surface area contributed by atoms with Crippen molar-refractivity contribution >= 4 is 17.5 Å². The van der Waals surface area contributed by atoms with Gasteiger partial charge in [-0.05, 0) is 44.0 Å². The molecule has 2 unspecified atom stereocenters. The number of hydrogen-bond donors (Lipinski definition) is 2. The largest absolute Gasteiger partial charge is 0.348 e. The molecule has 2 heterocycles. The molecule has 2 aromatic rings. The summed E-state index contributed by atoms with van der Waals surface area (Å²) in [6.07, 6.45) is 5.85. The molecule has 0 bridgehead atoms. The fraction of sp³-hybridized carbons (Fsp3) is 0.444. The molecule has 1 fully saturated rings. The maximum absolute atomic E-state index is 12.4. The molecule has 3 rings (SSSR count). The Bertz CT molecular complexity index is 656. The maximum Gasteiger partial charge on any atom is 0.234 e. The molecule has 0 radical (unpaired) electrons. The number of rotatable bonds is 5. The average Bonchev–Trinajstić information content (AvgIpc) is 3.10. The standard InChI is InChI=1S/C18H23ClN4O/c1-13(14-4-6-16(19)7-5-14)22-17(24)12-23-10-2-3-15(11-23)18-20-8-9-21-18/h4-9,13,15H,2-3,10-12H2,1H3,(H,20,21)(H,22,24). The number of aromatic nitrogens is 2. The van der Waals surface area contributed by atoms with E-state index in [0.717, 1.165) is 37.3 Å². The van der Waals surface area contributed by atoms with Crippen LogP contribution in [0.1, 0.15) is 43.1 Å². The molecule has 2 N–H and O–H groups in total. The minimum atomic E-state index is -0.0274. The number of halogens is 1. The second kappa shape index (κ2) is 7.81. The number of carbonyl (C=O) groups excluding carboxylic acids is 1. The van der Waals surface area contributed by atoms with Crippen LogP contribution in [0.15, 0.2) is 36.7 Å². The molecular weight excluding hydrogens is 324 g/mol. The fourth-order valence-electron chi connectivity index (χ4n) is 3.25. The first-order valence-electron chi connectivity index (χ1n) is 8.38. The van der Waals surface area contributed by atoms with Crippen molar-refractivity contribution in [2.75, 3.05) is 19.6 Å². The number of nitrogens with zero attached hydrogens (tertiary/aromatic N) is 2. The van der Waals surface area contributed by atoms with Gasteiger partial charge in [-0.1, -0.05) is 23.7 Å². The summed E-state index contributed by atoms with van der Waals surface area (Å²) in [5.74, 6) is 1.46. The van der Waals surface area contributed by atoms with E-state index in [9.17, 15) is 4.79 Å². The van der Waals surface area contributed by atoms with E-state index < -0.39 is 0 Å². The van der Waals surface area contributed by atoms with Crippen molar-refractivity contribution in [2.24, 2.45) is 0 Å². The lowest BCUT2D eigenvalue weighted by Crippen LogP contribution is -2.42. The Labute approximate surface area is 147 Å². The second-order valence-corrected chi connectivity index (χ2v) is 6.83. The van der Waals surface area contributed by atoms with Crippen LogP contribution in [0.5, 0.6) is 0 Å². The highest BCUT2D eigenvalue weighted by Gasteiger charge is 2.24. The molecule has 1 aromatic carbocycles. The van der Waals surface area contributed by atoms with Crippen molar-refractivity contribution in [3.63, 3.8) is 0 Å². The predicted molar refractivity (Wildman–Crippen MR) is 95.0 cm³/mol. The monoisotopic (exact) mass is 346 g/mol.